The van der Waals surface area contributed by atoms with E-state index in [-0.39, 0.29) is 0 Å². The summed E-state index contributed by atoms with van der Waals surface area (Å²) in [6.07, 6.45) is -0.848. The highest BCUT2D eigenvalue weighted by Gasteiger charge is 2.70. The molecule has 158 valence electrons. The summed E-state index contributed by atoms with van der Waals surface area (Å²) < 4.78 is 6.08. The molecular formula is C21H34N2O5. The fourth-order valence-corrected chi connectivity index (χ4v) is 4.34. The lowest BCUT2D eigenvalue weighted by Gasteiger charge is -2.63. The summed E-state index contributed by atoms with van der Waals surface area (Å²) in [6, 6.07) is 10.3. The second kappa shape index (κ2) is 7.32. The lowest BCUT2D eigenvalue weighted by atomic mass is 9.63. The summed E-state index contributed by atoms with van der Waals surface area (Å²) >= 11 is 0. The zero-order valence-electron chi connectivity index (χ0n) is 17.3. The fourth-order valence-electron chi connectivity index (χ4n) is 4.34. The highest BCUT2D eigenvalue weighted by atomic mass is 16.6. The van der Waals surface area contributed by atoms with Gasteiger partial charge in [0.25, 0.3) is 0 Å². The first kappa shape index (κ1) is 21.6. The smallest absolute Gasteiger partial charge is 0.143 e. The zero-order valence-corrected chi connectivity index (χ0v) is 17.3. The molecule has 1 aromatic rings. The van der Waals surface area contributed by atoms with Crippen molar-refractivity contribution in [2.45, 2.75) is 62.9 Å². The molecule has 0 aromatic heterocycles. The number of rotatable bonds is 4. The predicted octanol–water partition coefficient (Wildman–Crippen LogP) is 0.165. The van der Waals surface area contributed by atoms with Crippen molar-refractivity contribution >= 4 is 0 Å². The fraction of sp³-hybridized carbons (Fsp3) is 0.714. The second-order valence-corrected chi connectivity index (χ2v) is 8.95. The van der Waals surface area contributed by atoms with Gasteiger partial charge >= 0.3 is 0 Å². The molecule has 5 atom stereocenters. The van der Waals surface area contributed by atoms with Crippen LogP contribution in [-0.4, -0.2) is 91.6 Å². The average molecular weight is 395 g/mol. The molecule has 2 aliphatic rings. The lowest BCUT2D eigenvalue weighted by Crippen LogP contribution is -2.83. The Bertz CT molecular complexity index is 671. The summed E-state index contributed by atoms with van der Waals surface area (Å²) in [5, 5.41) is 43.2. The molecule has 0 amide bonds. The van der Waals surface area contributed by atoms with Gasteiger partial charge in [0.05, 0.1) is 6.61 Å². The summed E-state index contributed by atoms with van der Waals surface area (Å²) in [5.41, 5.74) is -5.62. The van der Waals surface area contributed by atoms with Crippen LogP contribution >= 0.6 is 0 Å². The molecule has 2 saturated heterocycles. The molecule has 28 heavy (non-hydrogen) atoms. The van der Waals surface area contributed by atoms with Crippen LogP contribution in [0.25, 0.3) is 0 Å². The molecule has 2 fully saturated rings. The Morgan fingerprint density at radius 1 is 0.929 bits per heavy atom. The number of benzene rings is 1. The van der Waals surface area contributed by atoms with Crippen molar-refractivity contribution in [2.75, 3.05) is 32.8 Å². The molecule has 0 radical (unpaired) electrons. The Kier molecular flexibility index (Phi) is 5.66. The Balaban J connectivity index is 1.74. The van der Waals surface area contributed by atoms with Gasteiger partial charge in [0, 0.05) is 32.7 Å². The first-order chi connectivity index (χ1) is 13.0. The number of ether oxygens (including phenoxy) is 1. The van der Waals surface area contributed by atoms with Crippen LogP contribution < -0.4 is 0 Å². The van der Waals surface area contributed by atoms with Gasteiger partial charge in [-0.25, -0.2) is 0 Å². The minimum absolute atomic E-state index is 0.475. The summed E-state index contributed by atoms with van der Waals surface area (Å²) in [4.78, 5) is 4.32. The SMILES string of the molecule is CC1(CO)OC(N2CCN(Cc3ccccc3)CC2)C(C)(O)C(C)(O)C1(C)O. The van der Waals surface area contributed by atoms with Gasteiger partial charge in [-0.3, -0.25) is 9.80 Å². The minimum Gasteiger partial charge on any atom is -0.393 e. The van der Waals surface area contributed by atoms with E-state index in [1.165, 1.54) is 26.3 Å². The van der Waals surface area contributed by atoms with Crippen LogP contribution in [0.3, 0.4) is 0 Å². The maximum Gasteiger partial charge on any atom is 0.143 e. The number of aliphatic hydroxyl groups excluding tert-OH is 1. The number of hydrogen-bond acceptors (Lipinski definition) is 7. The zero-order chi connectivity index (χ0) is 20.8. The first-order valence-corrected chi connectivity index (χ1v) is 9.92. The van der Waals surface area contributed by atoms with E-state index in [9.17, 15) is 20.4 Å². The number of hydrogen-bond donors (Lipinski definition) is 4. The van der Waals surface area contributed by atoms with Crippen LogP contribution in [0, 0.1) is 0 Å². The molecule has 5 unspecified atom stereocenters. The third kappa shape index (κ3) is 3.29. The lowest BCUT2D eigenvalue weighted by molar-refractivity contribution is -0.396. The number of aliphatic hydroxyl groups is 4. The van der Waals surface area contributed by atoms with Crippen LogP contribution in [0.4, 0.5) is 0 Å². The highest BCUT2D eigenvalue weighted by Crippen LogP contribution is 2.49. The normalized spacial score (nSPS) is 43.2. The predicted molar refractivity (Wildman–Crippen MR) is 106 cm³/mol. The third-order valence-electron chi connectivity index (χ3n) is 7.11. The van der Waals surface area contributed by atoms with E-state index in [0.29, 0.717) is 13.1 Å². The van der Waals surface area contributed by atoms with E-state index in [0.717, 1.165) is 19.6 Å². The standard InChI is InChI=1S/C21H34N2O5/c1-18(15-24)20(3,26)21(4,27)19(2,25)17(28-18)23-12-10-22(11-13-23)14-16-8-6-5-7-9-16/h5-9,17,24-27H,10-15H2,1-4H3. The number of nitrogens with zero attached hydrogens (tertiary/aromatic N) is 2. The summed E-state index contributed by atoms with van der Waals surface area (Å²) in [7, 11) is 0. The van der Waals surface area contributed by atoms with Gasteiger partial charge in [0.15, 0.2) is 0 Å². The van der Waals surface area contributed by atoms with Gasteiger partial charge in [-0.1, -0.05) is 30.3 Å². The average Bonchev–Trinajstić information content (AvgIpc) is 2.66. The van der Waals surface area contributed by atoms with Gasteiger partial charge in [-0.15, -0.1) is 0 Å². The van der Waals surface area contributed by atoms with Gasteiger partial charge in [-0.2, -0.15) is 0 Å². The van der Waals surface area contributed by atoms with Crippen molar-refractivity contribution in [1.29, 1.82) is 0 Å². The summed E-state index contributed by atoms with van der Waals surface area (Å²) in [5.74, 6) is 0. The topological polar surface area (TPSA) is 96.6 Å². The van der Waals surface area contributed by atoms with Crippen molar-refractivity contribution in [3.63, 3.8) is 0 Å². The van der Waals surface area contributed by atoms with Gasteiger partial charge < -0.3 is 25.2 Å². The molecule has 7 heteroatoms. The van der Waals surface area contributed by atoms with Gasteiger partial charge in [-0.05, 0) is 33.3 Å². The second-order valence-electron chi connectivity index (χ2n) is 8.95. The maximum absolute atomic E-state index is 11.2. The molecule has 2 aliphatic heterocycles. The van der Waals surface area contributed by atoms with Crippen molar-refractivity contribution in [3.8, 4) is 0 Å². The Hall–Kier alpha value is -1.06. The van der Waals surface area contributed by atoms with Crippen molar-refractivity contribution in [2.24, 2.45) is 0 Å². The molecule has 0 bridgehead atoms. The molecule has 2 heterocycles. The summed E-state index contributed by atoms with van der Waals surface area (Å²) in [6.45, 7) is 9.11. The van der Waals surface area contributed by atoms with Crippen LogP contribution in [0.2, 0.25) is 0 Å². The molecule has 0 spiro atoms. The van der Waals surface area contributed by atoms with Crippen molar-refractivity contribution in [1.82, 2.24) is 9.80 Å². The van der Waals surface area contributed by atoms with E-state index in [2.05, 4.69) is 17.0 Å². The molecule has 0 saturated carbocycles. The van der Waals surface area contributed by atoms with Crippen molar-refractivity contribution < 1.29 is 25.2 Å². The molecular weight excluding hydrogens is 360 g/mol. The Labute approximate surface area is 167 Å². The van der Waals surface area contributed by atoms with Crippen LogP contribution in [0.1, 0.15) is 33.3 Å². The maximum atomic E-state index is 11.2. The monoisotopic (exact) mass is 394 g/mol. The Morgan fingerprint density at radius 3 is 2.04 bits per heavy atom. The highest BCUT2D eigenvalue weighted by molar-refractivity contribution is 5.20. The van der Waals surface area contributed by atoms with Gasteiger partial charge in [0.1, 0.15) is 28.6 Å². The quantitative estimate of drug-likeness (QED) is 0.578. The number of piperazine rings is 1. The van der Waals surface area contributed by atoms with E-state index < -0.39 is 35.2 Å². The first-order valence-electron chi connectivity index (χ1n) is 9.92. The van der Waals surface area contributed by atoms with Crippen LogP contribution in [0.5, 0.6) is 0 Å². The van der Waals surface area contributed by atoms with E-state index in [1.807, 2.05) is 23.1 Å². The van der Waals surface area contributed by atoms with E-state index in [4.69, 9.17) is 4.74 Å². The third-order valence-corrected chi connectivity index (χ3v) is 7.11. The Morgan fingerprint density at radius 2 is 1.50 bits per heavy atom. The van der Waals surface area contributed by atoms with Crippen molar-refractivity contribution in [3.05, 3.63) is 35.9 Å². The van der Waals surface area contributed by atoms with E-state index in [1.54, 1.807) is 6.92 Å². The molecule has 7 nitrogen and oxygen atoms in total. The molecule has 0 aliphatic carbocycles. The molecule has 4 N–H and O–H groups in total. The van der Waals surface area contributed by atoms with Crippen LogP contribution in [0.15, 0.2) is 30.3 Å². The molecule has 1 aromatic carbocycles. The van der Waals surface area contributed by atoms with Crippen LogP contribution in [-0.2, 0) is 11.3 Å². The minimum atomic E-state index is -1.89. The van der Waals surface area contributed by atoms with E-state index >= 15 is 0 Å². The van der Waals surface area contributed by atoms with Gasteiger partial charge in [0.2, 0.25) is 0 Å². The largest absolute Gasteiger partial charge is 0.393 e. The molecule has 3 rings (SSSR count).